The summed E-state index contributed by atoms with van der Waals surface area (Å²) in [4.78, 5) is 11.6. The molecule has 1 unspecified atom stereocenters. The molecule has 2 rings (SSSR count). The van der Waals surface area contributed by atoms with Gasteiger partial charge in [-0.15, -0.1) is 0 Å². The summed E-state index contributed by atoms with van der Waals surface area (Å²) in [7, 11) is 0. The molecule has 1 aliphatic rings. The van der Waals surface area contributed by atoms with E-state index < -0.39 is 17.5 Å². The van der Waals surface area contributed by atoms with E-state index in [0.717, 1.165) is 6.07 Å². The Labute approximate surface area is 99.0 Å². The van der Waals surface area contributed by atoms with E-state index in [1.807, 2.05) is 0 Å². The third-order valence-electron chi connectivity index (χ3n) is 3.21. The van der Waals surface area contributed by atoms with Crippen molar-refractivity contribution in [1.82, 2.24) is 5.32 Å². The summed E-state index contributed by atoms with van der Waals surface area (Å²) in [5.74, 6) is -1.55. The largest absolute Gasteiger partial charge is 0.352 e. The lowest BCUT2D eigenvalue weighted by Crippen LogP contribution is -2.29. The topological polar surface area (TPSA) is 29.1 Å². The van der Waals surface area contributed by atoms with Gasteiger partial charge in [-0.3, -0.25) is 4.79 Å². The second kappa shape index (κ2) is 4.82. The molecule has 1 fully saturated rings. The lowest BCUT2D eigenvalue weighted by molar-refractivity contribution is 0.0941. The number of benzene rings is 1. The molecule has 1 aliphatic carbocycles. The van der Waals surface area contributed by atoms with Gasteiger partial charge < -0.3 is 5.32 Å². The Morgan fingerprint density at radius 2 is 2.18 bits per heavy atom. The molecule has 17 heavy (non-hydrogen) atoms. The van der Waals surface area contributed by atoms with Gasteiger partial charge in [-0.25, -0.2) is 8.78 Å². The third-order valence-corrected chi connectivity index (χ3v) is 3.21. The van der Waals surface area contributed by atoms with E-state index in [1.54, 1.807) is 0 Å². The molecule has 0 heterocycles. The zero-order valence-corrected chi connectivity index (χ0v) is 9.67. The van der Waals surface area contributed by atoms with Gasteiger partial charge in [-0.05, 0) is 36.8 Å². The van der Waals surface area contributed by atoms with Crippen molar-refractivity contribution in [1.29, 1.82) is 0 Å². The molecule has 1 saturated carbocycles. The van der Waals surface area contributed by atoms with Gasteiger partial charge >= 0.3 is 0 Å². The highest BCUT2D eigenvalue weighted by Crippen LogP contribution is 2.36. The van der Waals surface area contributed by atoms with E-state index in [1.165, 1.54) is 25.0 Å². The summed E-state index contributed by atoms with van der Waals surface area (Å²) in [6.07, 6.45) is 2.40. The van der Waals surface area contributed by atoms with Crippen LogP contribution in [-0.4, -0.2) is 12.5 Å². The minimum atomic E-state index is -1.08. The molecule has 2 nitrogen and oxygen atoms in total. The molecule has 4 heteroatoms. The molecule has 0 saturated heterocycles. The number of rotatable bonds is 4. The van der Waals surface area contributed by atoms with Crippen LogP contribution >= 0.6 is 0 Å². The maximum Gasteiger partial charge on any atom is 0.254 e. The lowest BCUT2D eigenvalue weighted by atomic mass is 10.1. The van der Waals surface area contributed by atoms with Crippen LogP contribution in [0.5, 0.6) is 0 Å². The monoisotopic (exact) mass is 239 g/mol. The second-order valence-electron chi connectivity index (χ2n) is 4.63. The van der Waals surface area contributed by atoms with Crippen molar-refractivity contribution < 1.29 is 13.6 Å². The predicted molar refractivity (Wildman–Crippen MR) is 60.6 cm³/mol. The Morgan fingerprint density at radius 3 is 2.82 bits per heavy atom. The summed E-state index contributed by atoms with van der Waals surface area (Å²) >= 11 is 0. The molecule has 92 valence electrons. The van der Waals surface area contributed by atoms with Crippen molar-refractivity contribution in [2.24, 2.45) is 11.8 Å². The Morgan fingerprint density at radius 1 is 1.47 bits per heavy atom. The number of hydrogen-bond acceptors (Lipinski definition) is 1. The average molecular weight is 239 g/mol. The maximum atomic E-state index is 13.3. The summed E-state index contributed by atoms with van der Waals surface area (Å²) in [6, 6.07) is 3.62. The van der Waals surface area contributed by atoms with Crippen molar-refractivity contribution in [3.8, 4) is 0 Å². The highest BCUT2D eigenvalue weighted by Gasteiger charge is 2.28. The smallest absolute Gasteiger partial charge is 0.254 e. The van der Waals surface area contributed by atoms with Crippen molar-refractivity contribution in [3.63, 3.8) is 0 Å². The van der Waals surface area contributed by atoms with Gasteiger partial charge in [0.2, 0.25) is 0 Å². The Hall–Kier alpha value is -1.45. The van der Waals surface area contributed by atoms with Crippen molar-refractivity contribution in [3.05, 3.63) is 35.4 Å². The minimum Gasteiger partial charge on any atom is -0.352 e. The fourth-order valence-electron chi connectivity index (χ4n) is 1.86. The highest BCUT2D eigenvalue weighted by molar-refractivity contribution is 5.94. The van der Waals surface area contributed by atoms with Crippen LogP contribution in [0.2, 0.25) is 0 Å². The number of amides is 1. The van der Waals surface area contributed by atoms with Gasteiger partial charge in [-0.2, -0.15) is 0 Å². The van der Waals surface area contributed by atoms with Crippen LogP contribution in [0, 0.1) is 23.5 Å². The van der Waals surface area contributed by atoms with Gasteiger partial charge in [0, 0.05) is 6.54 Å². The zero-order chi connectivity index (χ0) is 12.4. The van der Waals surface area contributed by atoms with E-state index in [9.17, 15) is 13.6 Å². The van der Waals surface area contributed by atoms with Crippen LogP contribution in [0.3, 0.4) is 0 Å². The molecular weight excluding hydrogens is 224 g/mol. The van der Waals surface area contributed by atoms with Gasteiger partial charge in [0.25, 0.3) is 5.91 Å². The molecule has 0 spiro atoms. The quantitative estimate of drug-likeness (QED) is 0.860. The lowest BCUT2D eigenvalue weighted by Gasteiger charge is -2.11. The Balaban J connectivity index is 1.96. The summed E-state index contributed by atoms with van der Waals surface area (Å²) in [6.45, 7) is 2.57. The van der Waals surface area contributed by atoms with Crippen LogP contribution in [0.1, 0.15) is 30.1 Å². The Kier molecular flexibility index (Phi) is 3.41. The van der Waals surface area contributed by atoms with Crippen molar-refractivity contribution >= 4 is 5.91 Å². The maximum absolute atomic E-state index is 13.3. The van der Waals surface area contributed by atoms with Gasteiger partial charge in [0.1, 0.15) is 0 Å². The van der Waals surface area contributed by atoms with Gasteiger partial charge in [-0.1, -0.05) is 13.0 Å². The van der Waals surface area contributed by atoms with Crippen LogP contribution in [0.15, 0.2) is 18.2 Å². The number of halogens is 2. The predicted octanol–water partition coefficient (Wildman–Crippen LogP) is 2.74. The first-order chi connectivity index (χ1) is 8.09. The second-order valence-corrected chi connectivity index (χ2v) is 4.63. The summed E-state index contributed by atoms with van der Waals surface area (Å²) in [5, 5.41) is 2.64. The van der Waals surface area contributed by atoms with E-state index in [4.69, 9.17) is 0 Å². The molecule has 1 aromatic carbocycles. The molecule has 1 aromatic rings. The van der Waals surface area contributed by atoms with Crippen molar-refractivity contribution in [2.45, 2.75) is 19.8 Å². The number of carbonyl (C=O) groups is 1. The summed E-state index contributed by atoms with van der Waals surface area (Å²) < 4.78 is 26.2. The molecule has 0 radical (unpaired) electrons. The molecule has 1 N–H and O–H groups in total. The standard InChI is InChI=1S/C13H15F2NO/c1-8(9-5-6-9)7-16-13(17)10-3-2-4-11(14)12(10)15/h2-4,8-9H,5-7H2,1H3,(H,16,17). The first kappa shape index (κ1) is 12.0. The fourth-order valence-corrected chi connectivity index (χ4v) is 1.86. The molecule has 1 atom stereocenters. The average Bonchev–Trinajstić information content (AvgIpc) is 3.13. The normalized spacial score (nSPS) is 16.6. The van der Waals surface area contributed by atoms with Gasteiger partial charge in [0.15, 0.2) is 11.6 Å². The first-order valence-corrected chi connectivity index (χ1v) is 5.82. The van der Waals surface area contributed by atoms with E-state index in [-0.39, 0.29) is 5.56 Å². The molecule has 0 bridgehead atoms. The molecule has 0 aromatic heterocycles. The minimum absolute atomic E-state index is 0.229. The summed E-state index contributed by atoms with van der Waals surface area (Å²) in [5.41, 5.74) is -0.229. The van der Waals surface area contributed by atoms with Gasteiger partial charge in [0.05, 0.1) is 5.56 Å². The Bertz CT molecular complexity index is 429. The van der Waals surface area contributed by atoms with E-state index in [0.29, 0.717) is 18.4 Å². The first-order valence-electron chi connectivity index (χ1n) is 5.82. The molecule has 1 amide bonds. The third kappa shape index (κ3) is 2.81. The van der Waals surface area contributed by atoms with Crippen LogP contribution < -0.4 is 5.32 Å². The SMILES string of the molecule is CC(CNC(=O)c1cccc(F)c1F)C1CC1. The van der Waals surface area contributed by atoms with Crippen molar-refractivity contribution in [2.75, 3.05) is 6.54 Å². The number of hydrogen-bond donors (Lipinski definition) is 1. The highest BCUT2D eigenvalue weighted by atomic mass is 19.2. The molecular formula is C13H15F2NO. The van der Waals surface area contributed by atoms with E-state index in [2.05, 4.69) is 12.2 Å². The molecule has 0 aliphatic heterocycles. The zero-order valence-electron chi connectivity index (χ0n) is 9.67. The van der Waals surface area contributed by atoms with Crippen LogP contribution in [0.25, 0.3) is 0 Å². The van der Waals surface area contributed by atoms with Crippen LogP contribution in [-0.2, 0) is 0 Å². The fraction of sp³-hybridized carbons (Fsp3) is 0.462. The van der Waals surface area contributed by atoms with Crippen LogP contribution in [0.4, 0.5) is 8.78 Å². The van der Waals surface area contributed by atoms with E-state index >= 15 is 0 Å². The number of carbonyl (C=O) groups excluding carboxylic acids is 1. The number of nitrogens with one attached hydrogen (secondary N) is 1.